The topological polar surface area (TPSA) is 67.9 Å². The van der Waals surface area contributed by atoms with E-state index in [0.717, 1.165) is 41.2 Å². The summed E-state index contributed by atoms with van der Waals surface area (Å²) in [6.07, 6.45) is 3.48. The summed E-state index contributed by atoms with van der Waals surface area (Å²) in [4.78, 5) is 6.97. The van der Waals surface area contributed by atoms with E-state index in [4.69, 9.17) is 4.52 Å². The average Bonchev–Trinajstić information content (AvgIpc) is 3.09. The molecule has 7 heteroatoms. The number of hydrogen-bond acceptors (Lipinski definition) is 7. The molecule has 0 aliphatic carbocycles. The molecule has 3 rings (SSSR count). The van der Waals surface area contributed by atoms with E-state index in [0.29, 0.717) is 5.92 Å². The molecule has 1 atom stereocenters. The Morgan fingerprint density at radius 3 is 2.86 bits per heavy atom. The molecule has 0 amide bonds. The Kier molecular flexibility index (Phi) is 4.30. The number of hydrogen-bond donors (Lipinski definition) is 0. The highest BCUT2D eigenvalue weighted by atomic mass is 32.1. The van der Waals surface area contributed by atoms with Crippen LogP contribution in [0.3, 0.4) is 0 Å². The molecular formula is C14H21N5OS. The number of rotatable bonds is 4. The van der Waals surface area contributed by atoms with Gasteiger partial charge >= 0.3 is 0 Å². The Morgan fingerprint density at radius 1 is 1.33 bits per heavy atom. The van der Waals surface area contributed by atoms with Gasteiger partial charge in [-0.1, -0.05) is 25.4 Å². The Hall–Kier alpha value is -1.34. The fourth-order valence-electron chi connectivity index (χ4n) is 2.65. The van der Waals surface area contributed by atoms with Crippen molar-refractivity contribution >= 4 is 11.3 Å². The Balaban J connectivity index is 1.77. The molecule has 1 aliphatic heterocycles. The second-order valence-electron chi connectivity index (χ2n) is 5.84. The first-order valence-corrected chi connectivity index (χ1v) is 8.31. The number of piperidine rings is 1. The summed E-state index contributed by atoms with van der Waals surface area (Å²) in [7, 11) is 0. The van der Waals surface area contributed by atoms with Crippen LogP contribution in [-0.4, -0.2) is 31.8 Å². The van der Waals surface area contributed by atoms with Crippen molar-refractivity contribution in [3.63, 3.8) is 0 Å². The zero-order valence-electron chi connectivity index (χ0n) is 12.7. The molecule has 0 aromatic carbocycles. The van der Waals surface area contributed by atoms with Crippen molar-refractivity contribution in [3.05, 3.63) is 21.7 Å². The van der Waals surface area contributed by atoms with Gasteiger partial charge in [0, 0.05) is 5.92 Å². The van der Waals surface area contributed by atoms with Gasteiger partial charge in [0.1, 0.15) is 10.0 Å². The van der Waals surface area contributed by atoms with E-state index in [1.165, 1.54) is 12.8 Å². The summed E-state index contributed by atoms with van der Waals surface area (Å²) in [6.45, 7) is 8.01. The number of aromatic nitrogens is 4. The van der Waals surface area contributed by atoms with Gasteiger partial charge in [-0.05, 0) is 26.3 Å². The van der Waals surface area contributed by atoms with Crippen LogP contribution in [0.25, 0.3) is 0 Å². The molecular weight excluding hydrogens is 286 g/mol. The largest absolute Gasteiger partial charge is 0.338 e. The lowest BCUT2D eigenvalue weighted by molar-refractivity contribution is 0.111. The minimum absolute atomic E-state index is 0.211. The normalized spacial score (nSPS) is 20.3. The van der Waals surface area contributed by atoms with Gasteiger partial charge in [0.2, 0.25) is 5.89 Å². The lowest BCUT2D eigenvalue weighted by atomic mass is 10.0. The van der Waals surface area contributed by atoms with Crippen LogP contribution >= 0.6 is 11.3 Å². The molecule has 0 spiro atoms. The maximum atomic E-state index is 5.50. The molecule has 3 heterocycles. The highest BCUT2D eigenvalue weighted by Gasteiger charge is 2.29. The predicted molar refractivity (Wildman–Crippen MR) is 80.0 cm³/mol. The van der Waals surface area contributed by atoms with Crippen LogP contribution < -0.4 is 0 Å². The Morgan fingerprint density at radius 2 is 2.19 bits per heavy atom. The summed E-state index contributed by atoms with van der Waals surface area (Å²) in [5, 5.41) is 14.5. The average molecular weight is 307 g/mol. The molecule has 0 N–H and O–H groups in total. The third-order valence-corrected chi connectivity index (χ3v) is 4.60. The van der Waals surface area contributed by atoms with E-state index in [-0.39, 0.29) is 6.04 Å². The fraction of sp³-hybridized carbons (Fsp3) is 0.714. The summed E-state index contributed by atoms with van der Waals surface area (Å²) in [5.41, 5.74) is 0. The molecule has 1 saturated heterocycles. The van der Waals surface area contributed by atoms with E-state index in [1.807, 2.05) is 6.92 Å². The Bertz CT molecular complexity index is 594. The molecule has 21 heavy (non-hydrogen) atoms. The molecule has 0 bridgehead atoms. The van der Waals surface area contributed by atoms with Crippen molar-refractivity contribution in [2.24, 2.45) is 0 Å². The van der Waals surface area contributed by atoms with Crippen molar-refractivity contribution < 1.29 is 4.52 Å². The quantitative estimate of drug-likeness (QED) is 0.864. The van der Waals surface area contributed by atoms with Crippen LogP contribution in [0.5, 0.6) is 0 Å². The second-order valence-corrected chi connectivity index (χ2v) is 7.11. The van der Waals surface area contributed by atoms with Crippen molar-refractivity contribution in [1.82, 2.24) is 25.2 Å². The van der Waals surface area contributed by atoms with Crippen LogP contribution in [0, 0.1) is 6.92 Å². The van der Waals surface area contributed by atoms with E-state index >= 15 is 0 Å². The first-order chi connectivity index (χ1) is 10.1. The van der Waals surface area contributed by atoms with Gasteiger partial charge in [-0.2, -0.15) is 4.98 Å². The smallest absolute Gasteiger partial charge is 0.244 e. The fourth-order valence-corrected chi connectivity index (χ4v) is 3.39. The summed E-state index contributed by atoms with van der Waals surface area (Å²) in [5.74, 6) is 1.84. The molecule has 1 unspecified atom stereocenters. The summed E-state index contributed by atoms with van der Waals surface area (Å²) >= 11 is 1.66. The van der Waals surface area contributed by atoms with Crippen LogP contribution in [0.15, 0.2) is 4.52 Å². The SMILES string of the molecule is Cc1nnc(CN2CCCCC2c2nc(C(C)C)no2)s1. The van der Waals surface area contributed by atoms with E-state index in [1.54, 1.807) is 11.3 Å². The van der Waals surface area contributed by atoms with E-state index < -0.39 is 0 Å². The molecule has 0 radical (unpaired) electrons. The van der Waals surface area contributed by atoms with Gasteiger partial charge < -0.3 is 4.52 Å². The molecule has 2 aromatic rings. The minimum atomic E-state index is 0.211. The molecule has 1 fully saturated rings. The first kappa shape index (κ1) is 14.6. The number of aryl methyl sites for hydroxylation is 1. The standard InChI is InChI=1S/C14H21N5OS/c1-9(2)13-15-14(20-18-13)11-6-4-5-7-19(11)8-12-17-16-10(3)21-12/h9,11H,4-8H2,1-3H3. The van der Waals surface area contributed by atoms with Gasteiger partial charge in [-0.3, -0.25) is 4.90 Å². The number of nitrogens with zero attached hydrogens (tertiary/aromatic N) is 5. The summed E-state index contributed by atoms with van der Waals surface area (Å²) < 4.78 is 5.50. The second kappa shape index (κ2) is 6.19. The van der Waals surface area contributed by atoms with Crippen LogP contribution in [0.1, 0.15) is 66.8 Å². The van der Waals surface area contributed by atoms with Gasteiger partial charge in [-0.15, -0.1) is 21.5 Å². The maximum Gasteiger partial charge on any atom is 0.244 e. The lowest BCUT2D eigenvalue weighted by Gasteiger charge is -2.32. The van der Waals surface area contributed by atoms with Crippen molar-refractivity contribution in [2.45, 2.75) is 58.5 Å². The molecule has 1 aliphatic rings. The third kappa shape index (κ3) is 3.29. The van der Waals surface area contributed by atoms with Crippen molar-refractivity contribution in [1.29, 1.82) is 0 Å². The molecule has 2 aromatic heterocycles. The number of likely N-dealkylation sites (tertiary alicyclic amines) is 1. The highest BCUT2D eigenvalue weighted by molar-refractivity contribution is 7.11. The first-order valence-electron chi connectivity index (χ1n) is 7.50. The molecule has 0 saturated carbocycles. The van der Waals surface area contributed by atoms with Gasteiger partial charge in [0.05, 0.1) is 12.6 Å². The lowest BCUT2D eigenvalue weighted by Crippen LogP contribution is -2.33. The van der Waals surface area contributed by atoms with Crippen molar-refractivity contribution in [2.75, 3.05) is 6.54 Å². The van der Waals surface area contributed by atoms with Gasteiger partial charge in [-0.25, -0.2) is 0 Å². The minimum Gasteiger partial charge on any atom is -0.338 e. The monoisotopic (exact) mass is 307 g/mol. The van der Waals surface area contributed by atoms with Gasteiger partial charge in [0.15, 0.2) is 5.82 Å². The van der Waals surface area contributed by atoms with Crippen molar-refractivity contribution in [3.8, 4) is 0 Å². The summed E-state index contributed by atoms with van der Waals surface area (Å²) in [6, 6.07) is 0.211. The van der Waals surface area contributed by atoms with Crippen LogP contribution in [0.4, 0.5) is 0 Å². The van der Waals surface area contributed by atoms with Crippen LogP contribution in [0.2, 0.25) is 0 Å². The third-order valence-electron chi connectivity index (χ3n) is 3.78. The van der Waals surface area contributed by atoms with Gasteiger partial charge in [0.25, 0.3) is 0 Å². The maximum absolute atomic E-state index is 5.50. The highest BCUT2D eigenvalue weighted by Crippen LogP contribution is 2.32. The van der Waals surface area contributed by atoms with Crippen LogP contribution in [-0.2, 0) is 6.54 Å². The zero-order valence-corrected chi connectivity index (χ0v) is 13.6. The molecule has 114 valence electrons. The van der Waals surface area contributed by atoms with E-state index in [9.17, 15) is 0 Å². The zero-order chi connectivity index (χ0) is 14.8. The predicted octanol–water partition coefficient (Wildman–Crippen LogP) is 3.08. The molecule has 6 nitrogen and oxygen atoms in total. The Labute approximate surface area is 128 Å². The van der Waals surface area contributed by atoms with E-state index in [2.05, 4.69) is 39.1 Å².